The average molecular weight is 449 g/mol. The van der Waals surface area contributed by atoms with Crippen LogP contribution < -0.4 is 14.5 Å². The fraction of sp³-hybridized carbons (Fsp3) is 0.158. The monoisotopic (exact) mass is 448 g/mol. The molecule has 26 heavy (non-hydrogen) atoms. The zero-order valence-electron chi connectivity index (χ0n) is 14.5. The van der Waals surface area contributed by atoms with E-state index in [9.17, 15) is 4.79 Å². The molecule has 7 heteroatoms. The first-order valence-electron chi connectivity index (χ1n) is 7.80. The first-order chi connectivity index (χ1) is 12.4. The molecule has 0 spiro atoms. The van der Waals surface area contributed by atoms with Crippen LogP contribution >= 0.6 is 39.9 Å². The van der Waals surface area contributed by atoms with Crippen molar-refractivity contribution >= 4 is 67.6 Å². The summed E-state index contributed by atoms with van der Waals surface area (Å²) in [5.74, 6) is 0.473. The molecular weight excluding hydrogens is 432 g/mol. The molecule has 3 rings (SSSR count). The third-order valence-corrected chi connectivity index (χ3v) is 5.81. The summed E-state index contributed by atoms with van der Waals surface area (Å²) in [4.78, 5) is 17.1. The second-order valence-electron chi connectivity index (χ2n) is 5.79. The highest BCUT2D eigenvalue weighted by Crippen LogP contribution is 2.40. The predicted molar refractivity (Wildman–Crippen MR) is 117 cm³/mol. The van der Waals surface area contributed by atoms with E-state index in [0.717, 1.165) is 15.7 Å². The minimum absolute atomic E-state index is 0.141. The maximum absolute atomic E-state index is 12.9. The van der Waals surface area contributed by atoms with Gasteiger partial charge in [0.15, 0.2) is 4.32 Å². The first kappa shape index (κ1) is 18.9. The van der Waals surface area contributed by atoms with Crippen LogP contribution in [0.4, 0.5) is 11.4 Å². The highest BCUT2D eigenvalue weighted by Gasteiger charge is 2.34. The number of carbonyl (C=O) groups is 1. The van der Waals surface area contributed by atoms with Gasteiger partial charge >= 0.3 is 0 Å². The van der Waals surface area contributed by atoms with Crippen LogP contribution in [0.15, 0.2) is 51.8 Å². The number of hydrogen-bond acceptors (Lipinski definition) is 5. The van der Waals surface area contributed by atoms with Gasteiger partial charge in [0.05, 0.1) is 23.4 Å². The summed E-state index contributed by atoms with van der Waals surface area (Å²) in [6.45, 7) is 0. The predicted octanol–water partition coefficient (Wildman–Crippen LogP) is 4.93. The van der Waals surface area contributed by atoms with Gasteiger partial charge < -0.3 is 9.64 Å². The number of thiocarbonyl (C=S) groups is 1. The van der Waals surface area contributed by atoms with Gasteiger partial charge in [-0.15, -0.1) is 0 Å². The summed E-state index contributed by atoms with van der Waals surface area (Å²) in [7, 11) is 5.55. The summed E-state index contributed by atoms with van der Waals surface area (Å²) in [6, 6.07) is 13.3. The minimum Gasteiger partial charge on any atom is -0.495 e. The quantitative estimate of drug-likeness (QED) is 0.488. The molecule has 134 valence electrons. The molecular formula is C19H17BrN2O2S2. The lowest BCUT2D eigenvalue weighted by Crippen LogP contribution is -2.27. The van der Waals surface area contributed by atoms with Crippen LogP contribution in [0.25, 0.3) is 6.08 Å². The Morgan fingerprint density at radius 2 is 1.96 bits per heavy atom. The van der Waals surface area contributed by atoms with Gasteiger partial charge in [-0.1, -0.05) is 42.2 Å². The molecule has 0 bridgehead atoms. The van der Waals surface area contributed by atoms with Crippen LogP contribution in [-0.4, -0.2) is 31.4 Å². The zero-order chi connectivity index (χ0) is 18.8. The summed E-state index contributed by atoms with van der Waals surface area (Å²) in [5, 5.41) is 0. The molecule has 1 heterocycles. The summed E-state index contributed by atoms with van der Waals surface area (Å²) in [6.07, 6.45) is 1.86. The molecule has 0 aromatic heterocycles. The first-order valence-corrected chi connectivity index (χ1v) is 9.82. The number of amides is 1. The molecule has 0 atom stereocenters. The van der Waals surface area contributed by atoms with Crippen LogP contribution in [0.1, 0.15) is 5.56 Å². The SMILES string of the molecule is COc1ccccc1N1C(=O)C(=Cc2ccc(N(C)C)c(Br)c2)SC1=S. The average Bonchev–Trinajstić information content (AvgIpc) is 2.88. The van der Waals surface area contributed by atoms with Crippen molar-refractivity contribution in [3.05, 3.63) is 57.4 Å². The summed E-state index contributed by atoms with van der Waals surface area (Å²) < 4.78 is 6.83. The van der Waals surface area contributed by atoms with Crippen molar-refractivity contribution in [2.75, 3.05) is 31.0 Å². The number of para-hydroxylation sites is 2. The molecule has 0 unspecified atom stereocenters. The number of benzene rings is 2. The molecule has 0 radical (unpaired) electrons. The molecule has 1 fully saturated rings. The van der Waals surface area contributed by atoms with Crippen LogP contribution in [0.5, 0.6) is 5.75 Å². The zero-order valence-corrected chi connectivity index (χ0v) is 17.7. The van der Waals surface area contributed by atoms with Crippen molar-refractivity contribution in [3.8, 4) is 5.75 Å². The topological polar surface area (TPSA) is 32.8 Å². The van der Waals surface area contributed by atoms with E-state index in [0.29, 0.717) is 20.7 Å². The lowest BCUT2D eigenvalue weighted by molar-refractivity contribution is -0.113. The fourth-order valence-corrected chi connectivity index (χ4v) is 4.65. The van der Waals surface area contributed by atoms with Crippen LogP contribution in [0, 0.1) is 0 Å². The smallest absolute Gasteiger partial charge is 0.270 e. The number of carbonyl (C=O) groups excluding carboxylic acids is 1. The third kappa shape index (κ3) is 3.65. The number of hydrogen-bond donors (Lipinski definition) is 0. The van der Waals surface area contributed by atoms with E-state index in [2.05, 4.69) is 15.9 Å². The number of nitrogens with zero attached hydrogens (tertiary/aromatic N) is 2. The number of thioether (sulfide) groups is 1. The van der Waals surface area contributed by atoms with Gasteiger partial charge in [-0.25, -0.2) is 0 Å². The lowest BCUT2D eigenvalue weighted by Gasteiger charge is -2.17. The summed E-state index contributed by atoms with van der Waals surface area (Å²) >= 11 is 10.3. The van der Waals surface area contributed by atoms with Crippen LogP contribution in [0.2, 0.25) is 0 Å². The van der Waals surface area contributed by atoms with Gasteiger partial charge in [0.25, 0.3) is 5.91 Å². The Hall–Kier alpha value is -1.83. The third-order valence-electron chi connectivity index (χ3n) is 3.87. The van der Waals surface area contributed by atoms with Gasteiger partial charge in [0, 0.05) is 18.6 Å². The summed E-state index contributed by atoms with van der Waals surface area (Å²) in [5.41, 5.74) is 2.66. The molecule has 2 aromatic carbocycles. The Bertz CT molecular complexity index is 912. The van der Waals surface area contributed by atoms with Crippen molar-refractivity contribution in [1.29, 1.82) is 0 Å². The van der Waals surface area contributed by atoms with Gasteiger partial charge in [-0.3, -0.25) is 9.69 Å². The van der Waals surface area contributed by atoms with Crippen LogP contribution in [-0.2, 0) is 4.79 Å². The van der Waals surface area contributed by atoms with Crippen molar-refractivity contribution in [3.63, 3.8) is 0 Å². The van der Waals surface area contributed by atoms with E-state index < -0.39 is 0 Å². The number of methoxy groups -OCH3 is 1. The Kier molecular flexibility index (Phi) is 5.70. The highest BCUT2D eigenvalue weighted by molar-refractivity contribution is 9.10. The standard InChI is InChI=1S/C19H17BrN2O2S2/c1-21(2)14-9-8-12(10-13(14)20)11-17-18(23)22(19(25)26-17)15-6-4-5-7-16(15)24-3/h4-11H,1-3H3. The Morgan fingerprint density at radius 3 is 2.62 bits per heavy atom. The molecule has 0 aliphatic carbocycles. The van der Waals surface area contributed by atoms with E-state index in [1.54, 1.807) is 7.11 Å². The van der Waals surface area contributed by atoms with Crippen molar-refractivity contribution in [1.82, 2.24) is 0 Å². The van der Waals surface area contributed by atoms with E-state index in [-0.39, 0.29) is 5.91 Å². The lowest BCUT2D eigenvalue weighted by atomic mass is 10.2. The van der Waals surface area contributed by atoms with Gasteiger partial charge in [0.1, 0.15) is 5.75 Å². The van der Waals surface area contributed by atoms with Crippen molar-refractivity contribution in [2.45, 2.75) is 0 Å². The van der Waals surface area contributed by atoms with Gasteiger partial charge in [0.2, 0.25) is 0 Å². The van der Waals surface area contributed by atoms with E-state index in [1.807, 2.05) is 67.5 Å². The molecule has 0 saturated carbocycles. The Morgan fingerprint density at radius 1 is 1.23 bits per heavy atom. The number of anilines is 2. The largest absolute Gasteiger partial charge is 0.495 e. The van der Waals surface area contributed by atoms with Crippen molar-refractivity contribution in [2.24, 2.45) is 0 Å². The molecule has 1 aliphatic rings. The van der Waals surface area contributed by atoms with E-state index >= 15 is 0 Å². The van der Waals surface area contributed by atoms with E-state index in [1.165, 1.54) is 16.7 Å². The van der Waals surface area contributed by atoms with Gasteiger partial charge in [-0.2, -0.15) is 0 Å². The molecule has 4 nitrogen and oxygen atoms in total. The second kappa shape index (κ2) is 7.82. The van der Waals surface area contributed by atoms with Crippen LogP contribution in [0.3, 0.4) is 0 Å². The maximum atomic E-state index is 12.9. The number of ether oxygens (including phenoxy) is 1. The molecule has 0 N–H and O–H groups in total. The number of halogens is 1. The normalized spacial score (nSPS) is 15.7. The second-order valence-corrected chi connectivity index (χ2v) is 8.32. The highest BCUT2D eigenvalue weighted by atomic mass is 79.9. The fourth-order valence-electron chi connectivity index (χ4n) is 2.62. The Labute approximate surface area is 170 Å². The molecule has 1 amide bonds. The maximum Gasteiger partial charge on any atom is 0.270 e. The van der Waals surface area contributed by atoms with E-state index in [4.69, 9.17) is 17.0 Å². The van der Waals surface area contributed by atoms with Gasteiger partial charge in [-0.05, 0) is 51.8 Å². The molecule has 2 aromatic rings. The minimum atomic E-state index is -0.141. The van der Waals surface area contributed by atoms with Crippen molar-refractivity contribution < 1.29 is 9.53 Å². The molecule has 1 aliphatic heterocycles. The Balaban J connectivity index is 1.94. The molecule has 1 saturated heterocycles. The number of rotatable bonds is 4.